The van der Waals surface area contributed by atoms with E-state index in [-0.39, 0.29) is 11.8 Å². The van der Waals surface area contributed by atoms with Gasteiger partial charge in [0.25, 0.3) is 0 Å². The number of nitrogens with zero attached hydrogens (tertiary/aromatic N) is 2. The smallest absolute Gasteiger partial charge is 0.233 e. The van der Waals surface area contributed by atoms with Gasteiger partial charge in [0.15, 0.2) is 0 Å². The predicted octanol–water partition coefficient (Wildman–Crippen LogP) is 0.817. The lowest BCUT2D eigenvalue weighted by Crippen LogP contribution is -2.44. The van der Waals surface area contributed by atoms with Crippen LogP contribution in [-0.2, 0) is 16.0 Å². The molecule has 2 amide bonds. The van der Waals surface area contributed by atoms with Crippen molar-refractivity contribution >= 4 is 23.2 Å². The first-order valence-electron chi connectivity index (χ1n) is 7.87. The van der Waals surface area contributed by atoms with Crippen molar-refractivity contribution in [2.75, 3.05) is 39.8 Å². The molecular formula is C16H23N3O2S. The zero-order valence-corrected chi connectivity index (χ0v) is 13.8. The van der Waals surface area contributed by atoms with Gasteiger partial charge in [-0.1, -0.05) is 0 Å². The summed E-state index contributed by atoms with van der Waals surface area (Å²) in [7, 11) is 1.68. The van der Waals surface area contributed by atoms with Gasteiger partial charge in [0.2, 0.25) is 11.8 Å². The maximum Gasteiger partial charge on any atom is 0.233 e. The first kappa shape index (κ1) is 15.5. The number of thiophene rings is 1. The molecule has 120 valence electrons. The molecule has 2 fully saturated rings. The van der Waals surface area contributed by atoms with E-state index in [0.717, 1.165) is 38.2 Å². The third-order valence-electron chi connectivity index (χ3n) is 4.82. The Bertz CT molecular complexity index is 532. The second-order valence-electron chi connectivity index (χ2n) is 6.32. The van der Waals surface area contributed by atoms with E-state index in [1.54, 1.807) is 18.4 Å². The standard InChI is InChI=1S/C16H23N3O2S/c1-17-15(20)10-18-4-2-13-8-19(9-14(13)7-18)16(21)6-12-3-5-22-11-12/h3,5,11,13-14H,2,4,6-10H2,1H3,(H,17,20)/t13-,14+/m0/s1. The average molecular weight is 321 g/mol. The van der Waals surface area contributed by atoms with Crippen LogP contribution in [0.2, 0.25) is 0 Å². The fourth-order valence-electron chi connectivity index (χ4n) is 3.55. The molecule has 0 aromatic carbocycles. The van der Waals surface area contributed by atoms with Crippen molar-refractivity contribution in [3.05, 3.63) is 22.4 Å². The van der Waals surface area contributed by atoms with Crippen LogP contribution in [0.25, 0.3) is 0 Å². The molecular weight excluding hydrogens is 298 g/mol. The van der Waals surface area contributed by atoms with Crippen LogP contribution in [0.3, 0.4) is 0 Å². The zero-order valence-electron chi connectivity index (χ0n) is 13.0. The number of amides is 2. The van der Waals surface area contributed by atoms with Crippen LogP contribution in [0.1, 0.15) is 12.0 Å². The number of fused-ring (bicyclic) bond motifs is 1. The van der Waals surface area contributed by atoms with Gasteiger partial charge in [-0.05, 0) is 47.2 Å². The average Bonchev–Trinajstić information content (AvgIpc) is 3.15. The maximum atomic E-state index is 12.4. The molecule has 0 saturated carbocycles. The lowest BCUT2D eigenvalue weighted by molar-refractivity contribution is -0.129. The highest BCUT2D eigenvalue weighted by Crippen LogP contribution is 2.31. The molecule has 0 bridgehead atoms. The summed E-state index contributed by atoms with van der Waals surface area (Å²) in [6.45, 7) is 4.10. The van der Waals surface area contributed by atoms with Gasteiger partial charge in [-0.2, -0.15) is 11.3 Å². The van der Waals surface area contributed by atoms with E-state index in [9.17, 15) is 9.59 Å². The Morgan fingerprint density at radius 3 is 2.86 bits per heavy atom. The minimum atomic E-state index is 0.0711. The molecule has 0 radical (unpaired) electrons. The highest BCUT2D eigenvalue weighted by Gasteiger charge is 2.38. The Balaban J connectivity index is 1.53. The Morgan fingerprint density at radius 2 is 2.14 bits per heavy atom. The first-order valence-corrected chi connectivity index (χ1v) is 8.81. The third kappa shape index (κ3) is 3.50. The van der Waals surface area contributed by atoms with E-state index in [1.807, 2.05) is 21.7 Å². The van der Waals surface area contributed by atoms with E-state index >= 15 is 0 Å². The topological polar surface area (TPSA) is 52.7 Å². The molecule has 2 aliphatic rings. The predicted molar refractivity (Wildman–Crippen MR) is 86.7 cm³/mol. The number of likely N-dealkylation sites (N-methyl/N-ethyl adjacent to an activating group) is 1. The molecule has 3 rings (SSSR count). The normalized spacial score (nSPS) is 25.0. The molecule has 22 heavy (non-hydrogen) atoms. The summed E-state index contributed by atoms with van der Waals surface area (Å²) in [5.41, 5.74) is 1.12. The van der Waals surface area contributed by atoms with Crippen LogP contribution in [0, 0.1) is 11.8 Å². The molecule has 6 heteroatoms. The van der Waals surface area contributed by atoms with Crippen LogP contribution in [0.15, 0.2) is 16.8 Å². The number of carbonyl (C=O) groups excluding carboxylic acids is 2. The molecule has 2 atom stereocenters. The lowest BCUT2D eigenvalue weighted by Gasteiger charge is -2.33. The fourth-order valence-corrected chi connectivity index (χ4v) is 4.22. The van der Waals surface area contributed by atoms with Gasteiger partial charge in [0.05, 0.1) is 13.0 Å². The highest BCUT2D eigenvalue weighted by molar-refractivity contribution is 7.07. The van der Waals surface area contributed by atoms with Crippen LogP contribution in [-0.4, -0.2) is 61.4 Å². The van der Waals surface area contributed by atoms with Gasteiger partial charge in [0.1, 0.15) is 0 Å². The van der Waals surface area contributed by atoms with E-state index in [1.165, 1.54) is 0 Å². The van der Waals surface area contributed by atoms with Crippen molar-refractivity contribution in [3.8, 4) is 0 Å². The molecule has 0 spiro atoms. The number of nitrogens with one attached hydrogen (secondary N) is 1. The summed E-state index contributed by atoms with van der Waals surface area (Å²) in [4.78, 5) is 28.2. The van der Waals surface area contributed by atoms with Gasteiger partial charge in [-0.3, -0.25) is 14.5 Å². The molecule has 2 aliphatic heterocycles. The summed E-state index contributed by atoms with van der Waals surface area (Å²) in [6, 6.07) is 2.02. The molecule has 2 saturated heterocycles. The number of likely N-dealkylation sites (tertiary alicyclic amines) is 2. The van der Waals surface area contributed by atoms with Gasteiger partial charge in [0, 0.05) is 26.7 Å². The summed E-state index contributed by atoms with van der Waals surface area (Å²) in [5.74, 6) is 1.43. The summed E-state index contributed by atoms with van der Waals surface area (Å²) >= 11 is 1.64. The molecule has 1 N–H and O–H groups in total. The van der Waals surface area contributed by atoms with Crippen LogP contribution < -0.4 is 5.32 Å². The zero-order chi connectivity index (χ0) is 15.5. The highest BCUT2D eigenvalue weighted by atomic mass is 32.1. The number of piperidine rings is 1. The number of carbonyl (C=O) groups is 2. The fraction of sp³-hybridized carbons (Fsp3) is 0.625. The largest absolute Gasteiger partial charge is 0.358 e. The third-order valence-corrected chi connectivity index (χ3v) is 5.55. The number of hydrogen-bond donors (Lipinski definition) is 1. The van der Waals surface area contributed by atoms with Crippen molar-refractivity contribution in [3.63, 3.8) is 0 Å². The monoisotopic (exact) mass is 321 g/mol. The van der Waals surface area contributed by atoms with E-state index < -0.39 is 0 Å². The Labute approximate surface area is 135 Å². The second-order valence-corrected chi connectivity index (χ2v) is 7.10. The molecule has 1 aromatic rings. The van der Waals surface area contributed by atoms with Crippen molar-refractivity contribution in [1.29, 1.82) is 0 Å². The van der Waals surface area contributed by atoms with Crippen LogP contribution >= 0.6 is 11.3 Å². The van der Waals surface area contributed by atoms with Crippen LogP contribution in [0.4, 0.5) is 0 Å². The molecule has 1 aromatic heterocycles. The quantitative estimate of drug-likeness (QED) is 0.893. The number of rotatable bonds is 4. The minimum Gasteiger partial charge on any atom is -0.358 e. The SMILES string of the molecule is CNC(=O)CN1CC[C@H]2CN(C(=O)Cc3ccsc3)C[C@H]2C1. The minimum absolute atomic E-state index is 0.0711. The van der Waals surface area contributed by atoms with Crippen molar-refractivity contribution in [2.24, 2.45) is 11.8 Å². The van der Waals surface area contributed by atoms with Gasteiger partial charge < -0.3 is 10.2 Å². The Hall–Kier alpha value is -1.40. The van der Waals surface area contributed by atoms with Gasteiger partial charge in [-0.15, -0.1) is 0 Å². The van der Waals surface area contributed by atoms with Crippen LogP contribution in [0.5, 0.6) is 0 Å². The van der Waals surface area contributed by atoms with Crippen molar-refractivity contribution < 1.29 is 9.59 Å². The summed E-state index contributed by atoms with van der Waals surface area (Å²) in [5, 5.41) is 6.74. The lowest BCUT2D eigenvalue weighted by atomic mass is 9.89. The van der Waals surface area contributed by atoms with Gasteiger partial charge in [-0.25, -0.2) is 0 Å². The molecule has 3 heterocycles. The first-order chi connectivity index (χ1) is 10.7. The van der Waals surface area contributed by atoms with E-state index in [0.29, 0.717) is 24.8 Å². The van der Waals surface area contributed by atoms with E-state index in [2.05, 4.69) is 10.2 Å². The Morgan fingerprint density at radius 1 is 1.32 bits per heavy atom. The van der Waals surface area contributed by atoms with Crippen molar-refractivity contribution in [1.82, 2.24) is 15.1 Å². The van der Waals surface area contributed by atoms with Gasteiger partial charge >= 0.3 is 0 Å². The summed E-state index contributed by atoms with van der Waals surface area (Å²) in [6.07, 6.45) is 1.61. The van der Waals surface area contributed by atoms with Crippen molar-refractivity contribution in [2.45, 2.75) is 12.8 Å². The number of hydrogen-bond acceptors (Lipinski definition) is 4. The molecule has 5 nitrogen and oxygen atoms in total. The molecule has 0 aliphatic carbocycles. The van der Waals surface area contributed by atoms with E-state index in [4.69, 9.17) is 0 Å². The molecule has 0 unspecified atom stereocenters. The second kappa shape index (κ2) is 6.79. The summed E-state index contributed by atoms with van der Waals surface area (Å²) < 4.78 is 0. The maximum absolute atomic E-state index is 12.4. The Kier molecular flexibility index (Phi) is 4.78.